The molecule has 0 unspecified atom stereocenters. The van der Waals surface area contributed by atoms with Crippen molar-refractivity contribution in [2.75, 3.05) is 29.2 Å². The van der Waals surface area contributed by atoms with Gasteiger partial charge in [-0.05, 0) is 43.2 Å². The standard InChI is InChI=1S/C17H26N2O2S/c18-14-6-4-7-15(12-14)19-17(20)13-22-11-5-10-21-16-8-2-1-3-9-16/h4,6-7,12,16H,1-3,5,8-11,13,18H2,(H,19,20). The molecule has 0 aliphatic heterocycles. The van der Waals surface area contributed by atoms with Crippen molar-refractivity contribution >= 4 is 29.0 Å². The van der Waals surface area contributed by atoms with Crippen LogP contribution in [-0.2, 0) is 9.53 Å². The van der Waals surface area contributed by atoms with E-state index in [1.165, 1.54) is 32.1 Å². The predicted molar refractivity (Wildman–Crippen MR) is 94.3 cm³/mol. The van der Waals surface area contributed by atoms with E-state index in [0.717, 1.165) is 24.5 Å². The number of carbonyl (C=O) groups is 1. The van der Waals surface area contributed by atoms with Crippen LogP contribution in [0.2, 0.25) is 0 Å². The second-order valence-electron chi connectivity index (χ2n) is 5.71. The Bertz CT molecular complexity index is 462. The summed E-state index contributed by atoms with van der Waals surface area (Å²) in [4.78, 5) is 11.8. The Kier molecular flexibility index (Phi) is 7.60. The highest BCUT2D eigenvalue weighted by Gasteiger charge is 2.13. The molecule has 1 saturated carbocycles. The van der Waals surface area contributed by atoms with E-state index in [1.807, 2.05) is 12.1 Å². The van der Waals surface area contributed by atoms with Gasteiger partial charge in [-0.1, -0.05) is 25.3 Å². The van der Waals surface area contributed by atoms with Crippen molar-refractivity contribution in [3.63, 3.8) is 0 Å². The number of hydrogen-bond donors (Lipinski definition) is 2. The normalized spacial score (nSPS) is 15.6. The van der Waals surface area contributed by atoms with E-state index in [0.29, 0.717) is 17.5 Å². The van der Waals surface area contributed by atoms with Crippen molar-refractivity contribution in [3.8, 4) is 0 Å². The van der Waals surface area contributed by atoms with Crippen molar-refractivity contribution in [2.24, 2.45) is 0 Å². The second-order valence-corrected chi connectivity index (χ2v) is 6.82. The fourth-order valence-corrected chi connectivity index (χ4v) is 3.35. The molecule has 0 spiro atoms. The Morgan fingerprint density at radius 2 is 2.14 bits per heavy atom. The molecule has 1 amide bonds. The molecule has 5 heteroatoms. The van der Waals surface area contributed by atoms with Gasteiger partial charge in [-0.15, -0.1) is 0 Å². The van der Waals surface area contributed by atoms with Gasteiger partial charge in [0.2, 0.25) is 5.91 Å². The third kappa shape index (κ3) is 6.71. The van der Waals surface area contributed by atoms with Crippen LogP contribution in [0.5, 0.6) is 0 Å². The summed E-state index contributed by atoms with van der Waals surface area (Å²) in [6.07, 6.45) is 7.90. The van der Waals surface area contributed by atoms with Crippen molar-refractivity contribution < 1.29 is 9.53 Å². The molecule has 3 N–H and O–H groups in total. The number of amides is 1. The maximum absolute atomic E-state index is 11.8. The van der Waals surface area contributed by atoms with Gasteiger partial charge in [-0.25, -0.2) is 0 Å². The summed E-state index contributed by atoms with van der Waals surface area (Å²) in [7, 11) is 0. The van der Waals surface area contributed by atoms with Gasteiger partial charge in [-0.2, -0.15) is 11.8 Å². The van der Waals surface area contributed by atoms with Crippen molar-refractivity contribution in [1.29, 1.82) is 0 Å². The van der Waals surface area contributed by atoms with Gasteiger partial charge in [0.25, 0.3) is 0 Å². The van der Waals surface area contributed by atoms with Crippen molar-refractivity contribution in [3.05, 3.63) is 24.3 Å². The Morgan fingerprint density at radius 1 is 1.32 bits per heavy atom. The molecule has 1 aliphatic rings. The minimum absolute atomic E-state index is 0.0174. The average molecular weight is 322 g/mol. The fourth-order valence-electron chi connectivity index (χ4n) is 2.62. The van der Waals surface area contributed by atoms with Gasteiger partial charge in [0.1, 0.15) is 0 Å². The summed E-state index contributed by atoms with van der Waals surface area (Å²) < 4.78 is 5.87. The van der Waals surface area contributed by atoms with E-state index in [9.17, 15) is 4.79 Å². The van der Waals surface area contributed by atoms with Crippen LogP contribution < -0.4 is 11.1 Å². The van der Waals surface area contributed by atoms with Gasteiger partial charge < -0.3 is 15.8 Å². The van der Waals surface area contributed by atoms with Crippen LogP contribution in [0.1, 0.15) is 38.5 Å². The molecule has 0 atom stereocenters. The van der Waals surface area contributed by atoms with Crippen molar-refractivity contribution in [1.82, 2.24) is 0 Å². The second kappa shape index (κ2) is 9.74. The van der Waals surface area contributed by atoms with Crippen LogP contribution in [0.3, 0.4) is 0 Å². The monoisotopic (exact) mass is 322 g/mol. The van der Waals surface area contributed by atoms with E-state index in [1.54, 1.807) is 23.9 Å². The zero-order valence-corrected chi connectivity index (χ0v) is 13.9. The molecule has 0 aromatic heterocycles. The molecule has 1 aromatic carbocycles. The largest absolute Gasteiger partial charge is 0.399 e. The van der Waals surface area contributed by atoms with Crippen LogP contribution in [0.25, 0.3) is 0 Å². The molecule has 122 valence electrons. The van der Waals surface area contributed by atoms with E-state index >= 15 is 0 Å². The third-order valence-corrected chi connectivity index (χ3v) is 4.79. The number of nitrogens with one attached hydrogen (secondary N) is 1. The van der Waals surface area contributed by atoms with E-state index in [-0.39, 0.29) is 5.91 Å². The molecule has 4 nitrogen and oxygen atoms in total. The Hall–Kier alpha value is -1.20. The first-order valence-corrected chi connectivity index (χ1v) is 9.24. The van der Waals surface area contributed by atoms with Crippen LogP contribution in [-0.4, -0.2) is 30.1 Å². The summed E-state index contributed by atoms with van der Waals surface area (Å²) in [5.74, 6) is 1.44. The molecule has 22 heavy (non-hydrogen) atoms. The van der Waals surface area contributed by atoms with Gasteiger partial charge in [0.05, 0.1) is 11.9 Å². The lowest BCUT2D eigenvalue weighted by atomic mass is 9.98. The first-order valence-electron chi connectivity index (χ1n) is 8.09. The van der Waals surface area contributed by atoms with Gasteiger partial charge in [-0.3, -0.25) is 4.79 Å². The molecule has 0 saturated heterocycles. The maximum atomic E-state index is 11.8. The minimum atomic E-state index is 0.0174. The molecule has 1 aromatic rings. The first kappa shape index (κ1) is 17.2. The number of carbonyl (C=O) groups excluding carboxylic acids is 1. The molecule has 1 fully saturated rings. The lowest BCUT2D eigenvalue weighted by Crippen LogP contribution is -2.17. The molecule has 0 heterocycles. The van der Waals surface area contributed by atoms with E-state index in [2.05, 4.69) is 5.32 Å². The number of ether oxygens (including phenoxy) is 1. The summed E-state index contributed by atoms with van der Waals surface area (Å²) in [6, 6.07) is 7.24. The number of nitrogens with two attached hydrogens (primary N) is 1. The van der Waals surface area contributed by atoms with E-state index in [4.69, 9.17) is 10.5 Å². The summed E-state index contributed by atoms with van der Waals surface area (Å²) >= 11 is 1.65. The smallest absolute Gasteiger partial charge is 0.234 e. The number of nitrogen functional groups attached to an aromatic ring is 1. The predicted octanol–water partition coefficient (Wildman–Crippen LogP) is 3.68. The van der Waals surface area contributed by atoms with Crippen molar-refractivity contribution in [2.45, 2.75) is 44.6 Å². The SMILES string of the molecule is Nc1cccc(NC(=O)CSCCCOC2CCCCC2)c1. The lowest BCUT2D eigenvalue weighted by molar-refractivity contribution is -0.113. The van der Waals surface area contributed by atoms with Crippen LogP contribution in [0, 0.1) is 0 Å². The fraction of sp³-hybridized carbons (Fsp3) is 0.588. The Labute approximate surface area is 137 Å². The molecular formula is C17H26N2O2S. The highest BCUT2D eigenvalue weighted by Crippen LogP contribution is 2.20. The average Bonchev–Trinajstić information content (AvgIpc) is 2.52. The number of anilines is 2. The first-order chi connectivity index (χ1) is 10.7. The van der Waals surface area contributed by atoms with Gasteiger partial charge in [0.15, 0.2) is 0 Å². The summed E-state index contributed by atoms with van der Waals surface area (Å²) in [5, 5.41) is 2.85. The molecular weight excluding hydrogens is 296 g/mol. The van der Waals surface area contributed by atoms with Crippen LogP contribution >= 0.6 is 11.8 Å². The Balaban J connectivity index is 1.50. The quantitative estimate of drug-likeness (QED) is 0.566. The number of hydrogen-bond acceptors (Lipinski definition) is 4. The number of rotatable bonds is 8. The molecule has 0 radical (unpaired) electrons. The highest BCUT2D eigenvalue weighted by atomic mass is 32.2. The van der Waals surface area contributed by atoms with Gasteiger partial charge >= 0.3 is 0 Å². The zero-order valence-electron chi connectivity index (χ0n) is 13.1. The summed E-state index contributed by atoms with van der Waals surface area (Å²) in [6.45, 7) is 0.814. The number of thioether (sulfide) groups is 1. The topological polar surface area (TPSA) is 64.3 Å². The third-order valence-electron chi connectivity index (χ3n) is 3.74. The molecule has 2 rings (SSSR count). The maximum Gasteiger partial charge on any atom is 0.234 e. The summed E-state index contributed by atoms with van der Waals surface area (Å²) in [5.41, 5.74) is 7.09. The molecule has 0 bridgehead atoms. The van der Waals surface area contributed by atoms with Crippen LogP contribution in [0.15, 0.2) is 24.3 Å². The van der Waals surface area contributed by atoms with Gasteiger partial charge in [0, 0.05) is 18.0 Å². The van der Waals surface area contributed by atoms with E-state index < -0.39 is 0 Å². The zero-order chi connectivity index (χ0) is 15.6. The minimum Gasteiger partial charge on any atom is -0.399 e. The highest BCUT2D eigenvalue weighted by molar-refractivity contribution is 7.99. The molecule has 1 aliphatic carbocycles. The Morgan fingerprint density at radius 3 is 2.91 bits per heavy atom. The number of benzene rings is 1. The van der Waals surface area contributed by atoms with Crippen LogP contribution in [0.4, 0.5) is 11.4 Å². The lowest BCUT2D eigenvalue weighted by Gasteiger charge is -2.21.